The molecule has 31 heavy (non-hydrogen) atoms. The van der Waals surface area contributed by atoms with Gasteiger partial charge in [0.2, 0.25) is 0 Å². The van der Waals surface area contributed by atoms with Gasteiger partial charge in [0.05, 0.1) is 0 Å². The van der Waals surface area contributed by atoms with Crippen LogP contribution in [0.1, 0.15) is 79.1 Å². The predicted molar refractivity (Wildman–Crippen MR) is 130 cm³/mol. The Hall–Kier alpha value is 0.688. The summed E-state index contributed by atoms with van der Waals surface area (Å²) >= 11 is -0.138. The van der Waals surface area contributed by atoms with E-state index in [1.165, 1.54) is 51.4 Å². The first-order valence-electron chi connectivity index (χ1n) is 12.8. The second kappa shape index (κ2) is 11.9. The zero-order chi connectivity index (χ0) is 20.5. The van der Waals surface area contributed by atoms with Crippen LogP contribution in [0.15, 0.2) is 41.4 Å². The maximum absolute atomic E-state index is 2.77. The Labute approximate surface area is 215 Å². The molecule has 0 saturated carbocycles. The summed E-state index contributed by atoms with van der Waals surface area (Å²) < 4.78 is 4.00. The second-order valence-corrected chi connectivity index (χ2v) is 21.4. The fourth-order valence-corrected chi connectivity index (χ4v) is 21.7. The molecule has 2 heterocycles. The molecule has 4 rings (SSSR count). The van der Waals surface area contributed by atoms with Crippen molar-refractivity contribution in [3.63, 3.8) is 0 Å². The number of rotatable bonds is 10. The van der Waals surface area contributed by atoms with Gasteiger partial charge in [0, 0.05) is 0 Å². The molecule has 0 bridgehead atoms. The van der Waals surface area contributed by atoms with E-state index in [1.807, 2.05) is 29.3 Å². The van der Waals surface area contributed by atoms with E-state index in [0.717, 1.165) is 0 Å². The van der Waals surface area contributed by atoms with Gasteiger partial charge in [-0.1, -0.05) is 0 Å². The summed E-state index contributed by atoms with van der Waals surface area (Å²) in [6.07, 6.45) is 16.7. The number of hydrogen-bond donors (Lipinski definition) is 0. The van der Waals surface area contributed by atoms with Crippen LogP contribution in [0.3, 0.4) is 0 Å². The van der Waals surface area contributed by atoms with Gasteiger partial charge < -0.3 is 24.8 Å². The Bertz CT molecular complexity index is 706. The summed E-state index contributed by atoms with van der Waals surface area (Å²) in [5.74, 6) is 0. The van der Waals surface area contributed by atoms with Gasteiger partial charge in [-0.05, 0) is 0 Å². The standard InChI is InChI=1S/2C13H21Si.2ClH.Ti/c2*1-3-8-14(9-5-10-14)13-7-6-12(4-2)11-13;;;/h2*7H,3-6,8-10H2,1-2H3;2*1H;/q;;;;+2/p-2. The van der Waals surface area contributed by atoms with E-state index in [4.69, 9.17) is 0 Å². The average Bonchev–Trinajstić information content (AvgIpc) is 3.26. The van der Waals surface area contributed by atoms with E-state index >= 15 is 0 Å². The Kier molecular flexibility index (Phi) is 10.7. The third-order valence-corrected chi connectivity index (χ3v) is 23.5. The van der Waals surface area contributed by atoms with Crippen LogP contribution in [0, 0.1) is 0 Å². The molecule has 0 atom stereocenters. The molecule has 2 saturated heterocycles. The maximum atomic E-state index is 2.77. The van der Waals surface area contributed by atoms with Crippen molar-refractivity contribution in [2.75, 3.05) is 0 Å². The first-order chi connectivity index (χ1) is 14.1. The minimum Gasteiger partial charge on any atom is -1.00 e. The minimum absolute atomic E-state index is 0. The van der Waals surface area contributed by atoms with Gasteiger partial charge in [-0.25, -0.2) is 0 Å². The molecule has 4 aliphatic rings. The van der Waals surface area contributed by atoms with Crippen LogP contribution in [0.5, 0.6) is 0 Å². The van der Waals surface area contributed by atoms with Crippen molar-refractivity contribution in [1.29, 1.82) is 0 Å². The van der Waals surface area contributed by atoms with E-state index in [0.29, 0.717) is 0 Å². The Balaban J connectivity index is 0.00000171. The molecule has 172 valence electrons. The van der Waals surface area contributed by atoms with E-state index in [9.17, 15) is 0 Å². The number of hydrogen-bond acceptors (Lipinski definition) is 0. The summed E-state index contributed by atoms with van der Waals surface area (Å²) in [6.45, 7) is 9.75. The largest absolute Gasteiger partial charge is 1.00 e. The van der Waals surface area contributed by atoms with E-state index in [2.05, 4.69) is 39.8 Å². The monoisotopic (exact) mass is 528 g/mol. The Morgan fingerprint density at radius 3 is 1.32 bits per heavy atom. The van der Waals surface area contributed by atoms with Crippen LogP contribution in [-0.2, 0) is 19.2 Å². The van der Waals surface area contributed by atoms with E-state index in [1.54, 1.807) is 36.3 Å². The van der Waals surface area contributed by atoms with Crippen molar-refractivity contribution in [3.05, 3.63) is 41.4 Å². The van der Waals surface area contributed by atoms with Gasteiger partial charge >= 0.3 is 192 Å². The van der Waals surface area contributed by atoms with Crippen molar-refractivity contribution < 1.29 is 44.0 Å². The summed E-state index contributed by atoms with van der Waals surface area (Å²) in [5.41, 5.74) is 3.73. The Morgan fingerprint density at radius 1 is 0.677 bits per heavy atom. The fraction of sp³-hybridized carbons (Fsp3) is 0.692. The molecule has 0 aromatic carbocycles. The molecule has 0 aromatic rings. The van der Waals surface area contributed by atoms with E-state index in [-0.39, 0.29) is 44.0 Å². The SMILES string of the molecule is CCC[Si]1(C2=CCC(CC)=[C]2[Ti+2][C]2=C(CC)CC=C2[Si]2(CCC)CCC2)CCC1.[Cl-].[Cl-]. The van der Waals surface area contributed by atoms with Gasteiger partial charge in [0.25, 0.3) is 0 Å². The first-order valence-corrected chi connectivity index (χ1v) is 19.6. The molecule has 0 aromatic heterocycles. The molecule has 2 fully saturated rings. The molecule has 2 aliphatic heterocycles. The van der Waals surface area contributed by atoms with Crippen LogP contribution in [0.25, 0.3) is 0 Å². The summed E-state index contributed by atoms with van der Waals surface area (Å²) in [4.78, 5) is 0. The zero-order valence-electron chi connectivity index (χ0n) is 20.3. The topological polar surface area (TPSA) is 0 Å². The molecular weight excluding hydrogens is 487 g/mol. The van der Waals surface area contributed by atoms with Gasteiger partial charge in [-0.2, -0.15) is 0 Å². The summed E-state index contributed by atoms with van der Waals surface area (Å²) in [7, 11) is -2.22. The fourth-order valence-electron chi connectivity index (χ4n) is 6.75. The van der Waals surface area contributed by atoms with Crippen LogP contribution in [0.2, 0.25) is 36.3 Å². The molecule has 0 amide bonds. The molecule has 0 unspecified atom stereocenters. The smallest absolute Gasteiger partial charge is 1.00 e. The third-order valence-electron chi connectivity index (χ3n) is 8.68. The molecule has 2 aliphatic carbocycles. The van der Waals surface area contributed by atoms with Gasteiger partial charge in [0.15, 0.2) is 0 Å². The van der Waals surface area contributed by atoms with Crippen LogP contribution >= 0.6 is 0 Å². The first kappa shape index (κ1) is 27.9. The molecule has 0 spiro atoms. The molecule has 0 nitrogen and oxygen atoms in total. The predicted octanol–water partition coefficient (Wildman–Crippen LogP) is 2.67. The van der Waals surface area contributed by atoms with Crippen LogP contribution < -0.4 is 24.8 Å². The second-order valence-electron chi connectivity index (χ2n) is 10.2. The third kappa shape index (κ3) is 5.05. The maximum Gasteiger partial charge on any atom is -1.00 e. The molecule has 5 heteroatoms. The van der Waals surface area contributed by atoms with Crippen molar-refractivity contribution in [1.82, 2.24) is 0 Å². The quantitative estimate of drug-likeness (QED) is 0.382. The van der Waals surface area contributed by atoms with Gasteiger partial charge in [-0.15, -0.1) is 0 Å². The molecule has 0 N–H and O–H groups in total. The van der Waals surface area contributed by atoms with Gasteiger partial charge in [-0.3, -0.25) is 0 Å². The minimum atomic E-state index is -1.11. The van der Waals surface area contributed by atoms with Crippen molar-refractivity contribution in [2.45, 2.75) is 115 Å². The van der Waals surface area contributed by atoms with Crippen molar-refractivity contribution in [3.8, 4) is 0 Å². The zero-order valence-corrected chi connectivity index (χ0v) is 25.4. The number of halogens is 2. The average molecular weight is 530 g/mol. The van der Waals surface area contributed by atoms with Crippen molar-refractivity contribution in [2.24, 2.45) is 0 Å². The van der Waals surface area contributed by atoms with Crippen LogP contribution in [0.4, 0.5) is 0 Å². The van der Waals surface area contributed by atoms with Crippen molar-refractivity contribution >= 4 is 16.1 Å². The van der Waals surface area contributed by atoms with E-state index < -0.39 is 16.1 Å². The number of allylic oxidation sites excluding steroid dienone is 8. The summed E-state index contributed by atoms with van der Waals surface area (Å²) in [5, 5.41) is 4.02. The Morgan fingerprint density at radius 2 is 1.06 bits per heavy atom. The normalized spacial score (nSPS) is 23.2. The summed E-state index contributed by atoms with van der Waals surface area (Å²) in [6, 6.07) is 9.57. The molecular formula is C26H42Cl2Si2Ti. The van der Waals surface area contributed by atoms with Crippen LogP contribution in [-0.4, -0.2) is 16.1 Å². The molecule has 0 radical (unpaired) electrons. The van der Waals surface area contributed by atoms with Gasteiger partial charge in [0.1, 0.15) is 0 Å².